The van der Waals surface area contributed by atoms with Crippen molar-refractivity contribution in [1.29, 1.82) is 0 Å². The Morgan fingerprint density at radius 2 is 1.74 bits per heavy atom. The van der Waals surface area contributed by atoms with Gasteiger partial charge in [-0.15, -0.1) is 0 Å². The normalized spacial score (nSPS) is 17.9. The van der Waals surface area contributed by atoms with Gasteiger partial charge in [0.25, 0.3) is 0 Å². The summed E-state index contributed by atoms with van der Waals surface area (Å²) in [4.78, 5) is 0. The predicted molar refractivity (Wildman–Crippen MR) is 79.4 cm³/mol. The van der Waals surface area contributed by atoms with Crippen molar-refractivity contribution in [2.45, 2.75) is 38.1 Å². The van der Waals surface area contributed by atoms with Gasteiger partial charge in [-0.2, -0.15) is 0 Å². The molecule has 3 nitrogen and oxygen atoms in total. The number of hydrogen-bond acceptors (Lipinski definition) is 2. The zero-order chi connectivity index (χ0) is 13.7. The predicted octanol–water partition coefficient (Wildman–Crippen LogP) is 3.56. The average Bonchev–Trinajstić information content (AvgIpc) is 2.39. The molecule has 1 aliphatic rings. The summed E-state index contributed by atoms with van der Waals surface area (Å²) in [5.41, 5.74) is 0.818. The zero-order valence-corrected chi connectivity index (χ0v) is 12.3. The van der Waals surface area contributed by atoms with E-state index in [2.05, 4.69) is 4.72 Å². The van der Waals surface area contributed by atoms with E-state index in [1.807, 2.05) is 0 Å². The van der Waals surface area contributed by atoms with Crippen LogP contribution in [0, 0.1) is 0 Å². The SMILES string of the molecule is O=S(=O)(/C=C/c1ccc(Cl)cc1)NC1CCCCC1. The van der Waals surface area contributed by atoms with Crippen LogP contribution < -0.4 is 4.72 Å². The Morgan fingerprint density at radius 3 is 2.37 bits per heavy atom. The van der Waals surface area contributed by atoms with Crippen LogP contribution in [0.2, 0.25) is 5.02 Å². The third kappa shape index (κ3) is 4.97. The van der Waals surface area contributed by atoms with E-state index < -0.39 is 10.0 Å². The van der Waals surface area contributed by atoms with Crippen LogP contribution in [-0.4, -0.2) is 14.5 Å². The second-order valence-corrected chi connectivity index (χ2v) is 6.89. The molecular weight excluding hydrogens is 282 g/mol. The fourth-order valence-corrected chi connectivity index (χ4v) is 3.48. The molecule has 1 fully saturated rings. The first kappa shape index (κ1) is 14.6. The molecule has 0 spiro atoms. The molecular formula is C14H18ClNO2S. The highest BCUT2D eigenvalue weighted by Crippen LogP contribution is 2.18. The van der Waals surface area contributed by atoms with E-state index in [1.54, 1.807) is 30.3 Å². The maximum Gasteiger partial charge on any atom is 0.233 e. The molecule has 104 valence electrons. The molecule has 0 atom stereocenters. The maximum absolute atomic E-state index is 11.9. The van der Waals surface area contributed by atoms with Gasteiger partial charge in [0.2, 0.25) is 10.0 Å². The van der Waals surface area contributed by atoms with Crippen molar-refractivity contribution in [2.24, 2.45) is 0 Å². The first-order valence-electron chi connectivity index (χ1n) is 6.51. The third-order valence-corrected chi connectivity index (χ3v) is 4.65. The van der Waals surface area contributed by atoms with Crippen LogP contribution in [-0.2, 0) is 10.0 Å². The lowest BCUT2D eigenvalue weighted by molar-refractivity contribution is 0.413. The van der Waals surface area contributed by atoms with E-state index in [0.717, 1.165) is 31.2 Å². The Kier molecular flexibility index (Phi) is 5.02. The van der Waals surface area contributed by atoms with Crippen LogP contribution >= 0.6 is 11.6 Å². The Labute approximate surface area is 119 Å². The van der Waals surface area contributed by atoms with Gasteiger partial charge in [0, 0.05) is 16.5 Å². The van der Waals surface area contributed by atoms with Crippen molar-refractivity contribution < 1.29 is 8.42 Å². The van der Waals surface area contributed by atoms with Gasteiger partial charge in [-0.25, -0.2) is 13.1 Å². The van der Waals surface area contributed by atoms with Crippen molar-refractivity contribution in [2.75, 3.05) is 0 Å². The largest absolute Gasteiger partial charge is 0.233 e. The third-order valence-electron chi connectivity index (χ3n) is 3.25. The molecule has 1 aliphatic carbocycles. The van der Waals surface area contributed by atoms with Crippen LogP contribution in [0.5, 0.6) is 0 Å². The van der Waals surface area contributed by atoms with E-state index in [9.17, 15) is 8.42 Å². The second kappa shape index (κ2) is 6.55. The Hall–Kier alpha value is -0.840. The molecule has 0 heterocycles. The molecule has 2 rings (SSSR count). The molecule has 0 aromatic heterocycles. The summed E-state index contributed by atoms with van der Waals surface area (Å²) in [5, 5.41) is 1.87. The van der Waals surface area contributed by atoms with Gasteiger partial charge < -0.3 is 0 Å². The van der Waals surface area contributed by atoms with Crippen molar-refractivity contribution in [3.8, 4) is 0 Å². The zero-order valence-electron chi connectivity index (χ0n) is 10.7. The molecule has 1 saturated carbocycles. The number of nitrogens with one attached hydrogen (secondary N) is 1. The van der Waals surface area contributed by atoms with Crippen LogP contribution in [0.25, 0.3) is 6.08 Å². The van der Waals surface area contributed by atoms with Crippen molar-refractivity contribution in [3.05, 3.63) is 40.3 Å². The van der Waals surface area contributed by atoms with Gasteiger partial charge in [-0.1, -0.05) is 43.0 Å². The number of benzene rings is 1. The molecule has 0 amide bonds. The molecule has 5 heteroatoms. The van der Waals surface area contributed by atoms with Gasteiger partial charge in [0.1, 0.15) is 0 Å². The van der Waals surface area contributed by atoms with Crippen molar-refractivity contribution in [3.63, 3.8) is 0 Å². The Morgan fingerprint density at radius 1 is 1.11 bits per heavy atom. The minimum absolute atomic E-state index is 0.0913. The summed E-state index contributed by atoms with van der Waals surface area (Å²) in [6, 6.07) is 7.14. The molecule has 0 unspecified atom stereocenters. The van der Waals surface area contributed by atoms with E-state index >= 15 is 0 Å². The van der Waals surface area contributed by atoms with Gasteiger partial charge in [-0.3, -0.25) is 0 Å². The van der Waals surface area contributed by atoms with Gasteiger partial charge in [-0.05, 0) is 36.6 Å². The summed E-state index contributed by atoms with van der Waals surface area (Å²) in [6.45, 7) is 0. The van der Waals surface area contributed by atoms with Crippen molar-refractivity contribution >= 4 is 27.7 Å². The van der Waals surface area contributed by atoms with E-state index in [0.29, 0.717) is 5.02 Å². The first-order chi connectivity index (χ1) is 9.05. The van der Waals surface area contributed by atoms with Crippen LogP contribution in [0.1, 0.15) is 37.7 Å². The minimum Gasteiger partial charge on any atom is -0.209 e. The monoisotopic (exact) mass is 299 g/mol. The highest BCUT2D eigenvalue weighted by Gasteiger charge is 2.17. The van der Waals surface area contributed by atoms with Crippen LogP contribution in [0.15, 0.2) is 29.7 Å². The summed E-state index contributed by atoms with van der Waals surface area (Å²) in [6.07, 6.45) is 6.88. The fraction of sp³-hybridized carbons (Fsp3) is 0.429. The smallest absolute Gasteiger partial charge is 0.209 e. The average molecular weight is 300 g/mol. The number of halogens is 1. The standard InChI is InChI=1S/C14H18ClNO2S/c15-13-8-6-12(7-9-13)10-11-19(17,18)16-14-4-2-1-3-5-14/h6-11,14,16H,1-5H2/b11-10+. The second-order valence-electron chi connectivity index (χ2n) is 4.85. The lowest BCUT2D eigenvalue weighted by atomic mass is 9.96. The lowest BCUT2D eigenvalue weighted by Gasteiger charge is -2.21. The number of hydrogen-bond donors (Lipinski definition) is 1. The molecule has 0 aliphatic heterocycles. The molecule has 0 bridgehead atoms. The molecule has 1 aromatic carbocycles. The van der Waals surface area contributed by atoms with Crippen molar-refractivity contribution in [1.82, 2.24) is 4.72 Å². The number of rotatable bonds is 4. The van der Waals surface area contributed by atoms with Gasteiger partial charge in [0.05, 0.1) is 0 Å². The highest BCUT2D eigenvalue weighted by molar-refractivity contribution is 7.92. The lowest BCUT2D eigenvalue weighted by Crippen LogP contribution is -2.34. The van der Waals surface area contributed by atoms with E-state index in [-0.39, 0.29) is 6.04 Å². The van der Waals surface area contributed by atoms with Crippen LogP contribution in [0.4, 0.5) is 0 Å². The molecule has 1 aromatic rings. The molecule has 0 saturated heterocycles. The number of sulfonamides is 1. The van der Waals surface area contributed by atoms with E-state index in [1.165, 1.54) is 11.8 Å². The summed E-state index contributed by atoms with van der Waals surface area (Å²) in [5.74, 6) is 0. The Bertz CT molecular complexity index is 531. The molecule has 19 heavy (non-hydrogen) atoms. The summed E-state index contributed by atoms with van der Waals surface area (Å²) < 4.78 is 26.6. The van der Waals surface area contributed by atoms with Gasteiger partial charge >= 0.3 is 0 Å². The summed E-state index contributed by atoms with van der Waals surface area (Å²) >= 11 is 5.78. The van der Waals surface area contributed by atoms with Crippen LogP contribution in [0.3, 0.4) is 0 Å². The topological polar surface area (TPSA) is 46.2 Å². The van der Waals surface area contributed by atoms with Gasteiger partial charge in [0.15, 0.2) is 0 Å². The molecule has 1 N–H and O–H groups in total. The Balaban J connectivity index is 1.97. The molecule has 0 radical (unpaired) electrons. The maximum atomic E-state index is 11.9. The fourth-order valence-electron chi connectivity index (χ4n) is 2.23. The quantitative estimate of drug-likeness (QED) is 0.924. The minimum atomic E-state index is -3.35. The van der Waals surface area contributed by atoms with E-state index in [4.69, 9.17) is 11.6 Å². The first-order valence-corrected chi connectivity index (χ1v) is 8.43. The highest BCUT2D eigenvalue weighted by atomic mass is 35.5. The summed E-state index contributed by atoms with van der Waals surface area (Å²) in [7, 11) is -3.35.